The first-order chi connectivity index (χ1) is 13.1. The van der Waals surface area contributed by atoms with Crippen LogP contribution in [-0.4, -0.2) is 31.8 Å². The predicted octanol–water partition coefficient (Wildman–Crippen LogP) is 4.89. The lowest BCUT2D eigenvalue weighted by molar-refractivity contribution is 0.350. The number of fused-ring (bicyclic) bond motifs is 1. The highest BCUT2D eigenvalue weighted by Gasteiger charge is 2.19. The lowest BCUT2D eigenvalue weighted by Crippen LogP contribution is -2.27. The molecule has 4 nitrogen and oxygen atoms in total. The van der Waals surface area contributed by atoms with E-state index in [9.17, 15) is 0 Å². The van der Waals surface area contributed by atoms with Gasteiger partial charge in [0.05, 0.1) is 5.69 Å². The van der Waals surface area contributed by atoms with Gasteiger partial charge in [-0.25, -0.2) is 0 Å². The number of nitrogens with zero attached hydrogens (tertiary/aromatic N) is 2. The molecule has 1 aromatic carbocycles. The lowest BCUT2D eigenvalue weighted by atomic mass is 9.92. The Morgan fingerprint density at radius 1 is 1.37 bits per heavy atom. The summed E-state index contributed by atoms with van der Waals surface area (Å²) in [5.41, 5.74) is 5.62. The van der Waals surface area contributed by atoms with Crippen molar-refractivity contribution in [1.82, 2.24) is 10.5 Å². The molecule has 2 heterocycles. The van der Waals surface area contributed by atoms with Crippen molar-refractivity contribution in [2.24, 2.45) is 5.92 Å². The molecule has 146 valence electrons. The Balaban J connectivity index is 1.87. The molecule has 0 unspecified atom stereocenters. The summed E-state index contributed by atoms with van der Waals surface area (Å²) in [6.07, 6.45) is 9.88. The maximum Gasteiger partial charge on any atom is 0.172 e. The van der Waals surface area contributed by atoms with Gasteiger partial charge in [-0.1, -0.05) is 29.5 Å². The molecule has 0 amide bonds. The van der Waals surface area contributed by atoms with Crippen molar-refractivity contribution in [3.8, 4) is 0 Å². The van der Waals surface area contributed by atoms with E-state index < -0.39 is 0 Å². The van der Waals surface area contributed by atoms with E-state index in [1.165, 1.54) is 35.9 Å². The highest BCUT2D eigenvalue weighted by molar-refractivity contribution is 5.87. The molecule has 1 aliphatic rings. The van der Waals surface area contributed by atoms with E-state index >= 15 is 0 Å². The molecule has 0 bridgehead atoms. The fourth-order valence-electron chi connectivity index (χ4n) is 4.07. The third kappa shape index (κ3) is 4.81. The van der Waals surface area contributed by atoms with Gasteiger partial charge in [-0.3, -0.25) is 0 Å². The standard InChI is InChI=1S/C23H33N3O/c1-5-6-7-20-22(26(4)16-17(2)3)11-9-19-21(25-27-23(19)20)10-8-18-12-14-24-15-13-18/h5-6,9,11,18,24H,2,7-8,10,12-16H2,1,3-4H3/b6-5+. The molecular formula is C23H33N3O. The number of rotatable bonds is 8. The summed E-state index contributed by atoms with van der Waals surface area (Å²) in [5.74, 6) is 0.807. The van der Waals surface area contributed by atoms with Crippen LogP contribution in [0.25, 0.3) is 11.0 Å². The van der Waals surface area contributed by atoms with Crippen LogP contribution in [0.15, 0.2) is 41.0 Å². The highest BCUT2D eigenvalue weighted by Crippen LogP contribution is 2.32. The van der Waals surface area contributed by atoms with Crippen molar-refractivity contribution in [2.75, 3.05) is 31.6 Å². The van der Waals surface area contributed by atoms with E-state index in [2.05, 4.69) is 67.1 Å². The Kier molecular flexibility index (Phi) is 6.73. The minimum Gasteiger partial charge on any atom is -0.370 e. The van der Waals surface area contributed by atoms with Gasteiger partial charge in [-0.2, -0.15) is 0 Å². The van der Waals surface area contributed by atoms with Crippen LogP contribution in [0.5, 0.6) is 0 Å². The Hall–Kier alpha value is -2.07. The summed E-state index contributed by atoms with van der Waals surface area (Å²) in [4.78, 5) is 2.25. The van der Waals surface area contributed by atoms with Crippen LogP contribution in [0.3, 0.4) is 0 Å². The number of piperidine rings is 1. The first kappa shape index (κ1) is 19.7. The average Bonchev–Trinajstić information content (AvgIpc) is 3.08. The molecule has 0 saturated carbocycles. The van der Waals surface area contributed by atoms with Crippen LogP contribution < -0.4 is 10.2 Å². The summed E-state index contributed by atoms with van der Waals surface area (Å²) in [7, 11) is 2.11. The van der Waals surface area contributed by atoms with Gasteiger partial charge in [0.25, 0.3) is 0 Å². The normalized spacial score (nSPS) is 15.7. The largest absolute Gasteiger partial charge is 0.370 e. The highest BCUT2D eigenvalue weighted by atomic mass is 16.5. The van der Waals surface area contributed by atoms with E-state index in [0.717, 1.165) is 55.2 Å². The van der Waals surface area contributed by atoms with Gasteiger partial charge in [-0.15, -0.1) is 0 Å². The third-order valence-electron chi connectivity index (χ3n) is 5.52. The number of likely N-dealkylation sites (N-methyl/N-ethyl adjacent to an activating group) is 1. The molecule has 1 aliphatic heterocycles. The maximum atomic E-state index is 5.87. The Bertz CT molecular complexity index is 799. The molecule has 1 fully saturated rings. The first-order valence-electron chi connectivity index (χ1n) is 10.2. The van der Waals surface area contributed by atoms with E-state index in [0.29, 0.717) is 0 Å². The minimum absolute atomic E-state index is 0.807. The number of anilines is 1. The second-order valence-electron chi connectivity index (χ2n) is 7.89. The molecule has 0 spiro atoms. The molecule has 27 heavy (non-hydrogen) atoms. The molecule has 0 atom stereocenters. The van der Waals surface area contributed by atoms with Crippen molar-refractivity contribution in [3.05, 3.63) is 47.7 Å². The second-order valence-corrected chi connectivity index (χ2v) is 7.89. The zero-order valence-corrected chi connectivity index (χ0v) is 17.1. The Labute approximate surface area is 163 Å². The SMILES string of the molecule is C=C(C)CN(C)c1ccc2c(CCC3CCNCC3)noc2c1C/C=C/C. The number of hydrogen-bond acceptors (Lipinski definition) is 4. The van der Waals surface area contributed by atoms with Gasteiger partial charge < -0.3 is 14.7 Å². The van der Waals surface area contributed by atoms with Crippen molar-refractivity contribution in [3.63, 3.8) is 0 Å². The van der Waals surface area contributed by atoms with Gasteiger partial charge in [0, 0.05) is 30.2 Å². The summed E-state index contributed by atoms with van der Waals surface area (Å²) in [6.45, 7) is 11.3. The number of aromatic nitrogens is 1. The van der Waals surface area contributed by atoms with Crippen LogP contribution in [0.4, 0.5) is 5.69 Å². The summed E-state index contributed by atoms with van der Waals surface area (Å²) < 4.78 is 5.87. The predicted molar refractivity (Wildman–Crippen MR) is 115 cm³/mol. The monoisotopic (exact) mass is 367 g/mol. The zero-order chi connectivity index (χ0) is 19.2. The number of allylic oxidation sites excluding steroid dienone is 2. The van der Waals surface area contributed by atoms with Gasteiger partial charge in [0.2, 0.25) is 0 Å². The molecule has 0 radical (unpaired) electrons. The van der Waals surface area contributed by atoms with Crippen LogP contribution in [0.2, 0.25) is 0 Å². The molecule has 1 aromatic heterocycles. The molecule has 2 aromatic rings. The van der Waals surface area contributed by atoms with Crippen molar-refractivity contribution in [2.45, 2.75) is 46.0 Å². The van der Waals surface area contributed by atoms with Crippen LogP contribution in [0.1, 0.15) is 44.4 Å². The number of nitrogens with one attached hydrogen (secondary N) is 1. The Morgan fingerprint density at radius 3 is 2.85 bits per heavy atom. The van der Waals surface area contributed by atoms with Crippen LogP contribution >= 0.6 is 0 Å². The average molecular weight is 368 g/mol. The van der Waals surface area contributed by atoms with Crippen molar-refractivity contribution in [1.29, 1.82) is 0 Å². The molecule has 0 aliphatic carbocycles. The third-order valence-corrected chi connectivity index (χ3v) is 5.52. The van der Waals surface area contributed by atoms with Gasteiger partial charge in [0.15, 0.2) is 5.58 Å². The fourth-order valence-corrected chi connectivity index (χ4v) is 4.07. The Morgan fingerprint density at radius 2 is 2.15 bits per heavy atom. The number of aryl methyl sites for hydroxylation is 1. The number of hydrogen-bond donors (Lipinski definition) is 1. The first-order valence-corrected chi connectivity index (χ1v) is 10.2. The summed E-state index contributed by atoms with van der Waals surface area (Å²) >= 11 is 0. The van der Waals surface area contributed by atoms with Crippen molar-refractivity contribution < 1.29 is 4.52 Å². The summed E-state index contributed by atoms with van der Waals surface area (Å²) in [5, 5.41) is 9.08. The van der Waals surface area contributed by atoms with Crippen LogP contribution in [-0.2, 0) is 12.8 Å². The smallest absolute Gasteiger partial charge is 0.172 e. The maximum absolute atomic E-state index is 5.87. The second kappa shape index (κ2) is 9.23. The van der Waals surface area contributed by atoms with E-state index in [4.69, 9.17) is 4.52 Å². The van der Waals surface area contributed by atoms with Gasteiger partial charge in [0.1, 0.15) is 0 Å². The van der Waals surface area contributed by atoms with Gasteiger partial charge in [-0.05, 0) is 77.1 Å². The van der Waals surface area contributed by atoms with Crippen molar-refractivity contribution >= 4 is 16.7 Å². The molecule has 3 rings (SSSR count). The molecular weight excluding hydrogens is 334 g/mol. The molecule has 4 heteroatoms. The minimum atomic E-state index is 0.807. The van der Waals surface area contributed by atoms with E-state index in [1.54, 1.807) is 0 Å². The van der Waals surface area contributed by atoms with E-state index in [-0.39, 0.29) is 0 Å². The van der Waals surface area contributed by atoms with Gasteiger partial charge >= 0.3 is 0 Å². The quantitative estimate of drug-likeness (QED) is 0.675. The zero-order valence-electron chi connectivity index (χ0n) is 17.1. The van der Waals surface area contributed by atoms with E-state index in [1.807, 2.05) is 0 Å². The molecule has 1 N–H and O–H groups in total. The van der Waals surface area contributed by atoms with Crippen LogP contribution in [0, 0.1) is 5.92 Å². The number of benzene rings is 1. The summed E-state index contributed by atoms with van der Waals surface area (Å²) in [6, 6.07) is 4.41. The topological polar surface area (TPSA) is 41.3 Å². The fraction of sp³-hybridized carbons (Fsp3) is 0.522. The molecule has 1 saturated heterocycles. The lowest BCUT2D eigenvalue weighted by Gasteiger charge is -2.22.